The van der Waals surface area contributed by atoms with E-state index in [9.17, 15) is 5.11 Å². The number of aliphatic imine (C=N–C) groups is 1. The summed E-state index contributed by atoms with van der Waals surface area (Å²) in [5.74, 6) is 0.00185. The molecule has 0 unspecified atom stereocenters. The Morgan fingerprint density at radius 1 is 1.15 bits per heavy atom. The minimum Gasteiger partial charge on any atom is -0.506 e. The lowest BCUT2D eigenvalue weighted by atomic mass is 9.98. The van der Waals surface area contributed by atoms with Crippen LogP contribution in [0.15, 0.2) is 47.5 Å². The maximum absolute atomic E-state index is 10.1. The van der Waals surface area contributed by atoms with Crippen LogP contribution in [-0.2, 0) is 4.74 Å². The average Bonchev–Trinajstić information content (AvgIpc) is 2.65. The van der Waals surface area contributed by atoms with Gasteiger partial charge in [-0.25, -0.2) is 0 Å². The van der Waals surface area contributed by atoms with E-state index in [0.717, 1.165) is 26.3 Å². The largest absolute Gasteiger partial charge is 0.506 e. The van der Waals surface area contributed by atoms with Crippen LogP contribution in [0.4, 0.5) is 0 Å². The molecule has 0 aromatic heterocycles. The number of hydrogen-bond acceptors (Lipinski definition) is 3. The fraction of sp³-hybridized carbons (Fsp3) is 0.350. The van der Waals surface area contributed by atoms with Gasteiger partial charge in [0.2, 0.25) is 0 Å². The van der Waals surface area contributed by atoms with Gasteiger partial charge in [0.15, 0.2) is 0 Å². The highest BCUT2D eigenvalue weighted by atomic mass is 35.5. The van der Waals surface area contributed by atoms with Crippen LogP contribution in [0.3, 0.4) is 0 Å². The van der Waals surface area contributed by atoms with E-state index < -0.39 is 0 Å². The minimum absolute atomic E-state index is 0.00185. The van der Waals surface area contributed by atoms with Gasteiger partial charge in [0, 0.05) is 22.4 Å². The Kier molecular flexibility index (Phi) is 6.54. The molecule has 0 amide bonds. The number of benzene rings is 2. The standard InChI is InChI=1S/C20H22Cl2N2O2/c1-14(23-13-16-11-17(21)12-18(22)20(16)25)19(15-5-3-2-4-6-15)24-7-9-26-10-8-24/h2-6,11-14,19,25H,7-10H2,1H3/p+1/t14-,19-/m1/s1. The molecule has 138 valence electrons. The number of phenols is 1. The van der Waals surface area contributed by atoms with Crippen molar-refractivity contribution in [2.45, 2.75) is 19.0 Å². The fourth-order valence-corrected chi connectivity index (χ4v) is 3.94. The summed E-state index contributed by atoms with van der Waals surface area (Å²) in [6.45, 7) is 5.53. The molecule has 1 saturated heterocycles. The fourth-order valence-electron chi connectivity index (χ4n) is 3.43. The highest BCUT2D eigenvalue weighted by molar-refractivity contribution is 6.36. The van der Waals surface area contributed by atoms with Gasteiger partial charge in [-0.05, 0) is 19.1 Å². The maximum atomic E-state index is 10.1. The number of ether oxygens (including phenoxy) is 1. The number of morpholine rings is 1. The number of quaternary nitrogens is 1. The van der Waals surface area contributed by atoms with Gasteiger partial charge in [-0.2, -0.15) is 0 Å². The van der Waals surface area contributed by atoms with Crippen molar-refractivity contribution in [3.05, 3.63) is 63.6 Å². The van der Waals surface area contributed by atoms with Crippen molar-refractivity contribution in [1.82, 2.24) is 0 Å². The second kappa shape index (κ2) is 8.87. The quantitative estimate of drug-likeness (QED) is 0.766. The molecule has 2 N–H and O–H groups in total. The molecule has 2 aromatic carbocycles. The van der Waals surface area contributed by atoms with E-state index in [1.165, 1.54) is 16.5 Å². The van der Waals surface area contributed by atoms with Crippen LogP contribution in [0.5, 0.6) is 5.75 Å². The SMILES string of the molecule is C[C@@H](N=Cc1cc(Cl)cc(Cl)c1O)[C@H](c1ccccc1)[NH+]1CCOCC1. The number of rotatable bonds is 5. The molecule has 0 aliphatic carbocycles. The summed E-state index contributed by atoms with van der Waals surface area (Å²) in [6, 6.07) is 13.8. The predicted molar refractivity (Wildman–Crippen MR) is 106 cm³/mol. The van der Waals surface area contributed by atoms with Gasteiger partial charge in [-0.3, -0.25) is 4.99 Å². The summed E-state index contributed by atoms with van der Waals surface area (Å²) in [4.78, 5) is 6.18. The van der Waals surface area contributed by atoms with Gasteiger partial charge in [0.05, 0.1) is 18.2 Å². The van der Waals surface area contributed by atoms with Crippen LogP contribution >= 0.6 is 23.2 Å². The molecule has 1 aliphatic rings. The summed E-state index contributed by atoms with van der Waals surface area (Å²) < 4.78 is 5.52. The first kappa shape index (κ1) is 19.2. The molecule has 0 saturated carbocycles. The van der Waals surface area contributed by atoms with Crippen LogP contribution < -0.4 is 4.90 Å². The Morgan fingerprint density at radius 3 is 2.54 bits per heavy atom. The first-order valence-corrected chi connectivity index (χ1v) is 9.50. The summed E-state index contributed by atoms with van der Waals surface area (Å²) in [5, 5.41) is 10.8. The first-order chi connectivity index (χ1) is 12.6. The lowest BCUT2D eigenvalue weighted by molar-refractivity contribution is -0.940. The molecule has 1 fully saturated rings. The van der Waals surface area contributed by atoms with Gasteiger partial charge in [0.25, 0.3) is 0 Å². The number of nitrogens with one attached hydrogen (secondary N) is 1. The summed E-state index contributed by atoms with van der Waals surface area (Å²) in [5.41, 5.74) is 1.78. The highest BCUT2D eigenvalue weighted by Crippen LogP contribution is 2.30. The Morgan fingerprint density at radius 2 is 1.85 bits per heavy atom. The number of phenolic OH excluding ortho intramolecular Hbond substituents is 1. The Hall–Kier alpha value is -1.59. The van der Waals surface area contributed by atoms with Gasteiger partial charge >= 0.3 is 0 Å². The van der Waals surface area contributed by atoms with Crippen molar-refractivity contribution in [3.8, 4) is 5.75 Å². The Balaban J connectivity index is 1.87. The molecule has 3 rings (SSSR count). The first-order valence-electron chi connectivity index (χ1n) is 8.74. The van der Waals surface area contributed by atoms with E-state index in [1.54, 1.807) is 12.3 Å². The van der Waals surface area contributed by atoms with E-state index in [-0.39, 0.29) is 22.9 Å². The van der Waals surface area contributed by atoms with Crippen LogP contribution in [0.1, 0.15) is 24.1 Å². The van der Waals surface area contributed by atoms with Crippen molar-refractivity contribution >= 4 is 29.4 Å². The van der Waals surface area contributed by atoms with Crippen LogP contribution in [0.25, 0.3) is 0 Å². The monoisotopic (exact) mass is 393 g/mol. The molecule has 4 nitrogen and oxygen atoms in total. The molecule has 0 spiro atoms. The molecule has 6 heteroatoms. The Labute approximate surface area is 164 Å². The third-order valence-corrected chi connectivity index (χ3v) is 5.23. The zero-order valence-corrected chi connectivity index (χ0v) is 16.2. The second-order valence-corrected chi connectivity index (χ2v) is 7.35. The van der Waals surface area contributed by atoms with Gasteiger partial charge in [-0.15, -0.1) is 0 Å². The molecule has 1 heterocycles. The van der Waals surface area contributed by atoms with E-state index in [4.69, 9.17) is 32.9 Å². The number of nitrogens with zero attached hydrogens (tertiary/aromatic N) is 1. The summed E-state index contributed by atoms with van der Waals surface area (Å²) in [7, 11) is 0. The van der Waals surface area contributed by atoms with E-state index >= 15 is 0 Å². The van der Waals surface area contributed by atoms with Crippen LogP contribution in [0.2, 0.25) is 10.0 Å². The molecule has 26 heavy (non-hydrogen) atoms. The van der Waals surface area contributed by atoms with Crippen molar-refractivity contribution in [2.75, 3.05) is 26.3 Å². The topological polar surface area (TPSA) is 46.3 Å². The molecule has 2 atom stereocenters. The summed E-state index contributed by atoms with van der Waals surface area (Å²) >= 11 is 12.0. The zero-order valence-electron chi connectivity index (χ0n) is 14.7. The van der Waals surface area contributed by atoms with E-state index in [2.05, 4.69) is 31.2 Å². The second-order valence-electron chi connectivity index (χ2n) is 6.50. The Bertz CT molecular complexity index is 762. The molecule has 1 aliphatic heterocycles. The smallest absolute Gasteiger partial charge is 0.143 e. The average molecular weight is 394 g/mol. The van der Waals surface area contributed by atoms with Crippen LogP contribution in [0, 0.1) is 0 Å². The maximum Gasteiger partial charge on any atom is 0.143 e. The number of aromatic hydroxyl groups is 1. The predicted octanol–water partition coefficient (Wildman–Crippen LogP) is 3.16. The highest BCUT2D eigenvalue weighted by Gasteiger charge is 2.30. The van der Waals surface area contributed by atoms with Crippen LogP contribution in [-0.4, -0.2) is 43.7 Å². The summed E-state index contributed by atoms with van der Waals surface area (Å²) in [6.07, 6.45) is 1.66. The minimum atomic E-state index is 0.00185. The van der Waals surface area contributed by atoms with E-state index in [0.29, 0.717) is 10.6 Å². The van der Waals surface area contributed by atoms with Crippen molar-refractivity contribution in [2.24, 2.45) is 4.99 Å². The normalized spacial score (nSPS) is 18.1. The number of halogens is 2. The van der Waals surface area contributed by atoms with Crippen molar-refractivity contribution in [1.29, 1.82) is 0 Å². The lowest BCUT2D eigenvalue weighted by Gasteiger charge is -2.33. The van der Waals surface area contributed by atoms with Crippen molar-refractivity contribution in [3.63, 3.8) is 0 Å². The van der Waals surface area contributed by atoms with Crippen molar-refractivity contribution < 1.29 is 14.7 Å². The van der Waals surface area contributed by atoms with E-state index in [1.807, 2.05) is 6.07 Å². The lowest BCUT2D eigenvalue weighted by Crippen LogP contribution is -3.15. The van der Waals surface area contributed by atoms with Gasteiger partial charge < -0.3 is 14.7 Å². The molecule has 0 bridgehead atoms. The zero-order chi connectivity index (χ0) is 18.5. The third-order valence-electron chi connectivity index (χ3n) is 4.72. The molecular weight excluding hydrogens is 371 g/mol. The van der Waals surface area contributed by atoms with Gasteiger partial charge in [0.1, 0.15) is 30.9 Å². The molecule has 0 radical (unpaired) electrons. The number of hydrogen-bond donors (Lipinski definition) is 2. The third kappa shape index (κ3) is 4.57. The van der Waals surface area contributed by atoms with Gasteiger partial charge in [-0.1, -0.05) is 53.5 Å². The molecule has 2 aromatic rings. The molecular formula is C20H23Cl2N2O2+.